The van der Waals surface area contributed by atoms with Gasteiger partial charge in [0.2, 0.25) is 0 Å². The molecule has 0 saturated heterocycles. The summed E-state index contributed by atoms with van der Waals surface area (Å²) < 4.78 is 5.99. The molecule has 2 aromatic rings. The SMILES string of the molecule is CN(C)/C=C/c1cc(=S)oc2ccccc12. The first-order valence-electron chi connectivity index (χ1n) is 5.04. The van der Waals surface area contributed by atoms with Crippen molar-refractivity contribution in [3.63, 3.8) is 0 Å². The predicted molar refractivity (Wildman–Crippen MR) is 69.8 cm³/mol. The summed E-state index contributed by atoms with van der Waals surface area (Å²) >= 11 is 5.09. The third-order valence-corrected chi connectivity index (χ3v) is 2.44. The van der Waals surface area contributed by atoms with E-state index in [1.54, 1.807) is 0 Å². The Morgan fingerprint density at radius 2 is 2.00 bits per heavy atom. The maximum atomic E-state index is 5.48. The Balaban J connectivity index is 2.63. The van der Waals surface area contributed by atoms with Gasteiger partial charge >= 0.3 is 0 Å². The number of para-hydroxylation sites is 1. The summed E-state index contributed by atoms with van der Waals surface area (Å²) in [6.45, 7) is 0. The van der Waals surface area contributed by atoms with Crippen LogP contribution in [0.1, 0.15) is 5.56 Å². The van der Waals surface area contributed by atoms with E-state index in [-0.39, 0.29) is 0 Å². The average Bonchev–Trinajstić information content (AvgIpc) is 2.25. The van der Waals surface area contributed by atoms with Gasteiger partial charge in [0.15, 0.2) is 4.71 Å². The van der Waals surface area contributed by atoms with Crippen LogP contribution in [0.2, 0.25) is 0 Å². The van der Waals surface area contributed by atoms with Crippen molar-refractivity contribution in [3.8, 4) is 0 Å². The number of rotatable bonds is 2. The minimum Gasteiger partial charge on any atom is -0.445 e. The highest BCUT2D eigenvalue weighted by atomic mass is 32.1. The van der Waals surface area contributed by atoms with E-state index in [1.165, 1.54) is 0 Å². The molecule has 1 aromatic heterocycles. The summed E-state index contributed by atoms with van der Waals surface area (Å²) in [6, 6.07) is 9.77. The van der Waals surface area contributed by atoms with Crippen molar-refractivity contribution in [2.45, 2.75) is 0 Å². The van der Waals surface area contributed by atoms with Crippen LogP contribution in [0.25, 0.3) is 17.0 Å². The molecular formula is C13H13NOS. The van der Waals surface area contributed by atoms with Crippen molar-refractivity contribution in [1.82, 2.24) is 4.90 Å². The molecule has 2 nitrogen and oxygen atoms in total. The summed E-state index contributed by atoms with van der Waals surface area (Å²) in [5.41, 5.74) is 1.91. The number of hydrogen-bond donors (Lipinski definition) is 0. The molecule has 0 unspecified atom stereocenters. The quantitative estimate of drug-likeness (QED) is 0.733. The summed E-state index contributed by atoms with van der Waals surface area (Å²) in [4.78, 5) is 1.99. The van der Waals surface area contributed by atoms with E-state index in [9.17, 15) is 0 Å². The highest BCUT2D eigenvalue weighted by Gasteiger charge is 1.99. The second-order valence-corrected chi connectivity index (χ2v) is 4.20. The molecular weight excluding hydrogens is 218 g/mol. The van der Waals surface area contributed by atoms with E-state index in [0.717, 1.165) is 16.5 Å². The molecule has 0 atom stereocenters. The zero-order chi connectivity index (χ0) is 11.5. The summed E-state index contributed by atoms with van der Waals surface area (Å²) in [7, 11) is 3.97. The molecule has 1 heterocycles. The number of benzene rings is 1. The molecule has 0 radical (unpaired) electrons. The van der Waals surface area contributed by atoms with E-state index >= 15 is 0 Å². The molecule has 2 rings (SSSR count). The maximum Gasteiger partial charge on any atom is 0.191 e. The van der Waals surface area contributed by atoms with Crippen molar-refractivity contribution in [3.05, 3.63) is 46.8 Å². The Bertz CT molecular complexity index is 584. The van der Waals surface area contributed by atoms with E-state index in [0.29, 0.717) is 4.71 Å². The molecule has 0 bridgehead atoms. The smallest absolute Gasteiger partial charge is 0.191 e. The van der Waals surface area contributed by atoms with Gasteiger partial charge in [-0.05, 0) is 36.1 Å². The monoisotopic (exact) mass is 231 g/mol. The van der Waals surface area contributed by atoms with E-state index in [2.05, 4.69) is 0 Å². The van der Waals surface area contributed by atoms with Crippen molar-refractivity contribution in [2.75, 3.05) is 14.1 Å². The Hall–Kier alpha value is -1.61. The predicted octanol–water partition coefficient (Wildman–Crippen LogP) is 3.69. The number of fused-ring (bicyclic) bond motifs is 1. The lowest BCUT2D eigenvalue weighted by Gasteiger charge is -2.05. The topological polar surface area (TPSA) is 16.4 Å². The Morgan fingerprint density at radius 3 is 2.75 bits per heavy atom. The molecule has 82 valence electrons. The third kappa shape index (κ3) is 2.31. The van der Waals surface area contributed by atoms with Gasteiger partial charge in [0, 0.05) is 25.5 Å². The fraction of sp³-hybridized carbons (Fsp3) is 0.154. The fourth-order valence-corrected chi connectivity index (χ4v) is 1.72. The van der Waals surface area contributed by atoms with E-state index in [1.807, 2.05) is 61.6 Å². The van der Waals surface area contributed by atoms with Gasteiger partial charge in [-0.15, -0.1) is 0 Å². The summed E-state index contributed by atoms with van der Waals surface area (Å²) in [5.74, 6) is 0. The normalized spacial score (nSPS) is 11.1. The Labute approximate surface area is 99.8 Å². The highest BCUT2D eigenvalue weighted by Crippen LogP contribution is 2.20. The number of nitrogens with zero attached hydrogens (tertiary/aromatic N) is 1. The minimum absolute atomic E-state index is 0.511. The lowest BCUT2D eigenvalue weighted by Crippen LogP contribution is -1.99. The molecule has 0 aliphatic rings. The Morgan fingerprint density at radius 1 is 1.25 bits per heavy atom. The Kier molecular flexibility index (Phi) is 3.06. The second-order valence-electron chi connectivity index (χ2n) is 3.80. The first kappa shape index (κ1) is 10.9. The van der Waals surface area contributed by atoms with Crippen molar-refractivity contribution >= 4 is 29.3 Å². The molecule has 1 aromatic carbocycles. The van der Waals surface area contributed by atoms with Crippen LogP contribution in [-0.4, -0.2) is 19.0 Å². The standard InChI is InChI=1S/C13H13NOS/c1-14(2)8-7-10-9-13(16)15-12-6-4-3-5-11(10)12/h3-9H,1-2H3/b8-7+. The summed E-state index contributed by atoms with van der Waals surface area (Å²) in [5, 5.41) is 1.08. The van der Waals surface area contributed by atoms with Crippen LogP contribution in [0, 0.1) is 4.71 Å². The maximum absolute atomic E-state index is 5.48. The molecule has 0 amide bonds. The lowest BCUT2D eigenvalue weighted by atomic mass is 10.1. The zero-order valence-electron chi connectivity index (χ0n) is 9.31. The molecule has 16 heavy (non-hydrogen) atoms. The molecule has 0 aliphatic carbocycles. The van der Waals surface area contributed by atoms with Crippen LogP contribution < -0.4 is 0 Å². The first-order valence-corrected chi connectivity index (χ1v) is 5.45. The third-order valence-electron chi connectivity index (χ3n) is 2.23. The van der Waals surface area contributed by atoms with Gasteiger partial charge < -0.3 is 9.32 Å². The molecule has 0 spiro atoms. The van der Waals surface area contributed by atoms with Gasteiger partial charge in [0.1, 0.15) is 5.58 Å². The van der Waals surface area contributed by atoms with Crippen LogP contribution in [-0.2, 0) is 0 Å². The van der Waals surface area contributed by atoms with Crippen LogP contribution in [0.4, 0.5) is 0 Å². The van der Waals surface area contributed by atoms with Crippen LogP contribution in [0.15, 0.2) is 40.9 Å². The molecule has 0 fully saturated rings. The van der Waals surface area contributed by atoms with Crippen LogP contribution >= 0.6 is 12.2 Å². The average molecular weight is 231 g/mol. The van der Waals surface area contributed by atoms with Gasteiger partial charge in [-0.3, -0.25) is 0 Å². The first-order chi connectivity index (χ1) is 7.66. The number of hydrogen-bond acceptors (Lipinski definition) is 3. The largest absolute Gasteiger partial charge is 0.445 e. The van der Waals surface area contributed by atoms with Crippen LogP contribution in [0.5, 0.6) is 0 Å². The van der Waals surface area contributed by atoms with E-state index in [4.69, 9.17) is 16.6 Å². The van der Waals surface area contributed by atoms with Gasteiger partial charge in [-0.2, -0.15) is 0 Å². The minimum atomic E-state index is 0.511. The van der Waals surface area contributed by atoms with Crippen molar-refractivity contribution in [2.24, 2.45) is 0 Å². The highest BCUT2D eigenvalue weighted by molar-refractivity contribution is 7.71. The van der Waals surface area contributed by atoms with Crippen molar-refractivity contribution < 1.29 is 4.42 Å². The second kappa shape index (κ2) is 4.49. The zero-order valence-corrected chi connectivity index (χ0v) is 10.1. The fourth-order valence-electron chi connectivity index (χ4n) is 1.50. The van der Waals surface area contributed by atoms with Gasteiger partial charge in [0.05, 0.1) is 0 Å². The van der Waals surface area contributed by atoms with Gasteiger partial charge in [-0.1, -0.05) is 18.2 Å². The molecule has 0 saturated carbocycles. The van der Waals surface area contributed by atoms with Crippen molar-refractivity contribution in [1.29, 1.82) is 0 Å². The van der Waals surface area contributed by atoms with Gasteiger partial charge in [-0.25, -0.2) is 0 Å². The van der Waals surface area contributed by atoms with Gasteiger partial charge in [0.25, 0.3) is 0 Å². The molecule has 3 heteroatoms. The molecule has 0 aliphatic heterocycles. The molecule has 0 N–H and O–H groups in total. The summed E-state index contributed by atoms with van der Waals surface area (Å²) in [6.07, 6.45) is 4.03. The van der Waals surface area contributed by atoms with Crippen LogP contribution in [0.3, 0.4) is 0 Å². The van der Waals surface area contributed by atoms with E-state index < -0.39 is 0 Å². The lowest BCUT2D eigenvalue weighted by molar-refractivity contribution is 0.567.